The van der Waals surface area contributed by atoms with E-state index in [9.17, 15) is 14.9 Å². The van der Waals surface area contributed by atoms with Crippen LogP contribution in [0.4, 0.5) is 11.4 Å². The van der Waals surface area contributed by atoms with Crippen molar-refractivity contribution in [2.75, 3.05) is 11.4 Å². The molecule has 18 heavy (non-hydrogen) atoms. The Bertz CT molecular complexity index is 538. The van der Waals surface area contributed by atoms with Crippen LogP contribution in [0.5, 0.6) is 0 Å². The highest BCUT2D eigenvalue weighted by molar-refractivity contribution is 9.10. The minimum atomic E-state index is -0.550. The molecule has 0 bridgehead atoms. The van der Waals surface area contributed by atoms with Gasteiger partial charge in [-0.05, 0) is 22.0 Å². The first-order valence-corrected chi connectivity index (χ1v) is 6.58. The second kappa shape index (κ2) is 5.03. The highest BCUT2D eigenvalue weighted by Crippen LogP contribution is 2.38. The van der Waals surface area contributed by atoms with E-state index >= 15 is 0 Å². The Hall–Kier alpha value is -0.850. The molecule has 1 amide bonds. The number of carbonyl (C=O) groups is 1. The zero-order valence-corrected chi connectivity index (χ0v) is 12.0. The molecule has 0 aliphatic carbocycles. The van der Waals surface area contributed by atoms with Gasteiger partial charge in [0, 0.05) is 23.5 Å². The van der Waals surface area contributed by atoms with Crippen molar-refractivity contribution in [3.8, 4) is 0 Å². The molecule has 1 aliphatic rings. The third-order valence-corrected chi connectivity index (χ3v) is 4.07. The third-order valence-electron chi connectivity index (χ3n) is 2.58. The van der Waals surface area contributed by atoms with Gasteiger partial charge in [-0.1, -0.05) is 11.6 Å². The predicted octanol–water partition coefficient (Wildman–Crippen LogP) is 3.35. The monoisotopic (exact) mass is 352 g/mol. The van der Waals surface area contributed by atoms with Crippen LogP contribution in [0.2, 0.25) is 5.02 Å². The fourth-order valence-corrected chi connectivity index (χ4v) is 2.54. The molecule has 1 atom stereocenters. The van der Waals surface area contributed by atoms with Crippen molar-refractivity contribution in [3.63, 3.8) is 0 Å². The molecule has 96 valence electrons. The summed E-state index contributed by atoms with van der Waals surface area (Å²) < 4.78 is 0.411. The van der Waals surface area contributed by atoms with Gasteiger partial charge in [-0.15, -0.1) is 11.6 Å². The minimum absolute atomic E-state index is 0.173. The van der Waals surface area contributed by atoms with E-state index in [0.29, 0.717) is 9.50 Å². The fraction of sp³-hybridized carbons (Fsp3) is 0.300. The van der Waals surface area contributed by atoms with Gasteiger partial charge in [-0.3, -0.25) is 14.9 Å². The maximum atomic E-state index is 11.7. The third kappa shape index (κ3) is 2.46. The highest BCUT2D eigenvalue weighted by atomic mass is 79.9. The van der Waals surface area contributed by atoms with Crippen LogP contribution in [0.1, 0.15) is 6.42 Å². The molecule has 1 aromatic rings. The molecular weight excluding hydrogens is 347 g/mol. The maximum absolute atomic E-state index is 11.7. The summed E-state index contributed by atoms with van der Waals surface area (Å²) in [5.41, 5.74) is 0.00624. The number of alkyl halides is 1. The van der Waals surface area contributed by atoms with Crippen molar-refractivity contribution >= 4 is 56.4 Å². The molecule has 1 unspecified atom stereocenters. The van der Waals surface area contributed by atoms with Gasteiger partial charge in [0.05, 0.1) is 15.3 Å². The lowest BCUT2D eigenvalue weighted by atomic mass is 10.2. The maximum Gasteiger partial charge on any atom is 0.294 e. The van der Waals surface area contributed by atoms with Crippen molar-refractivity contribution in [3.05, 3.63) is 31.7 Å². The Morgan fingerprint density at radius 1 is 1.50 bits per heavy atom. The zero-order valence-electron chi connectivity index (χ0n) is 8.90. The number of nitro benzene ring substituents is 1. The topological polar surface area (TPSA) is 63.5 Å². The van der Waals surface area contributed by atoms with E-state index in [0.717, 1.165) is 0 Å². The van der Waals surface area contributed by atoms with E-state index in [1.54, 1.807) is 0 Å². The average molecular weight is 354 g/mol. The van der Waals surface area contributed by atoms with Crippen LogP contribution >= 0.6 is 39.1 Å². The molecular formula is C10H7BrCl2N2O3. The summed E-state index contributed by atoms with van der Waals surface area (Å²) in [7, 11) is 0. The number of hydrogen-bond acceptors (Lipinski definition) is 3. The first-order chi connectivity index (χ1) is 8.40. The number of rotatable bonds is 2. The van der Waals surface area contributed by atoms with Gasteiger partial charge in [-0.25, -0.2) is 0 Å². The summed E-state index contributed by atoms with van der Waals surface area (Å²) in [5, 5.41) is 11.0. The van der Waals surface area contributed by atoms with E-state index in [4.69, 9.17) is 23.2 Å². The van der Waals surface area contributed by atoms with Crippen LogP contribution in [-0.4, -0.2) is 22.8 Å². The quantitative estimate of drug-likeness (QED) is 0.465. The predicted molar refractivity (Wildman–Crippen MR) is 72.4 cm³/mol. The number of carbonyl (C=O) groups excluding carboxylic acids is 1. The largest absolute Gasteiger partial charge is 0.305 e. The summed E-state index contributed by atoms with van der Waals surface area (Å²) in [6.45, 7) is 0.249. The van der Waals surface area contributed by atoms with Crippen LogP contribution in [0.3, 0.4) is 0 Å². The highest BCUT2D eigenvalue weighted by Gasteiger charge is 2.33. The zero-order chi connectivity index (χ0) is 13.4. The van der Waals surface area contributed by atoms with Crippen molar-refractivity contribution in [2.24, 2.45) is 0 Å². The molecule has 0 spiro atoms. The molecule has 0 aromatic heterocycles. The Kier molecular flexibility index (Phi) is 3.79. The number of amides is 1. The van der Waals surface area contributed by atoms with Gasteiger partial charge < -0.3 is 4.90 Å². The van der Waals surface area contributed by atoms with Gasteiger partial charge >= 0.3 is 0 Å². The first-order valence-electron chi connectivity index (χ1n) is 4.98. The van der Waals surface area contributed by atoms with Crippen LogP contribution < -0.4 is 4.90 Å². The van der Waals surface area contributed by atoms with Gasteiger partial charge in [0.25, 0.3) is 5.69 Å². The van der Waals surface area contributed by atoms with Gasteiger partial charge in [0.2, 0.25) is 5.91 Å². The molecule has 1 aromatic carbocycles. The van der Waals surface area contributed by atoms with Crippen LogP contribution in [0.25, 0.3) is 0 Å². The molecule has 8 heteroatoms. The Labute approximate surface area is 121 Å². The lowest BCUT2D eigenvalue weighted by molar-refractivity contribution is -0.384. The molecule has 0 N–H and O–H groups in total. The summed E-state index contributed by atoms with van der Waals surface area (Å²) in [6, 6.07) is 2.68. The number of benzene rings is 1. The molecule has 1 aliphatic heterocycles. The number of nitrogens with zero attached hydrogens (tertiary/aromatic N) is 2. The number of anilines is 1. The molecule has 0 saturated carbocycles. The van der Waals surface area contributed by atoms with E-state index in [-0.39, 0.29) is 35.6 Å². The second-order valence-electron chi connectivity index (χ2n) is 3.82. The number of nitro groups is 1. The van der Waals surface area contributed by atoms with E-state index < -0.39 is 4.92 Å². The fourth-order valence-electron chi connectivity index (χ4n) is 1.79. The summed E-state index contributed by atoms with van der Waals surface area (Å²) in [4.78, 5) is 23.5. The minimum Gasteiger partial charge on any atom is -0.305 e. The molecule has 2 rings (SSSR count). The normalized spacial score (nSPS) is 19.4. The van der Waals surface area contributed by atoms with Crippen molar-refractivity contribution in [2.45, 2.75) is 11.8 Å². The Morgan fingerprint density at radius 2 is 2.17 bits per heavy atom. The SMILES string of the molecule is O=C1CC(Cl)CN1c1cc(Cl)c(Br)cc1[N+](=O)[O-]. The smallest absolute Gasteiger partial charge is 0.294 e. The Balaban J connectivity index is 2.52. The molecule has 1 fully saturated rings. The second-order valence-corrected chi connectivity index (χ2v) is 5.70. The van der Waals surface area contributed by atoms with Crippen LogP contribution in [-0.2, 0) is 4.79 Å². The van der Waals surface area contributed by atoms with Crippen molar-refractivity contribution < 1.29 is 9.72 Å². The molecule has 5 nitrogen and oxygen atoms in total. The van der Waals surface area contributed by atoms with E-state index in [1.165, 1.54) is 17.0 Å². The number of hydrogen-bond donors (Lipinski definition) is 0. The summed E-state index contributed by atoms with van der Waals surface area (Å²) in [5.74, 6) is -0.239. The number of halogens is 3. The lowest BCUT2D eigenvalue weighted by Gasteiger charge is -2.16. The van der Waals surface area contributed by atoms with Gasteiger partial charge in [0.15, 0.2) is 0 Å². The van der Waals surface area contributed by atoms with Crippen LogP contribution in [0.15, 0.2) is 16.6 Å². The molecule has 1 saturated heterocycles. The van der Waals surface area contributed by atoms with Crippen molar-refractivity contribution in [1.82, 2.24) is 0 Å². The van der Waals surface area contributed by atoms with Gasteiger partial charge in [-0.2, -0.15) is 0 Å². The molecule has 0 radical (unpaired) electrons. The van der Waals surface area contributed by atoms with E-state index in [2.05, 4.69) is 15.9 Å². The first kappa shape index (κ1) is 13.6. The standard InChI is InChI=1S/C10H7BrCl2N2O3/c11-6-2-9(15(17)18)8(3-7(6)13)14-4-5(12)1-10(14)16/h2-3,5H,1,4H2. The van der Waals surface area contributed by atoms with Crippen LogP contribution in [0, 0.1) is 10.1 Å². The van der Waals surface area contributed by atoms with E-state index in [1.807, 2.05) is 0 Å². The molecule has 1 heterocycles. The summed E-state index contributed by atoms with van der Waals surface area (Å²) >= 11 is 14.9. The average Bonchev–Trinajstić information content (AvgIpc) is 2.61. The Morgan fingerprint density at radius 3 is 2.67 bits per heavy atom. The summed E-state index contributed by atoms with van der Waals surface area (Å²) in [6.07, 6.45) is 0.173. The van der Waals surface area contributed by atoms with Crippen molar-refractivity contribution in [1.29, 1.82) is 0 Å². The lowest BCUT2D eigenvalue weighted by Crippen LogP contribution is -2.25. The van der Waals surface area contributed by atoms with Gasteiger partial charge in [0.1, 0.15) is 5.69 Å².